The fourth-order valence-corrected chi connectivity index (χ4v) is 3.49. The van der Waals surface area contributed by atoms with Crippen LogP contribution in [0.1, 0.15) is 17.6 Å². The van der Waals surface area contributed by atoms with Gasteiger partial charge in [-0.2, -0.15) is 9.40 Å². The molecule has 1 fully saturated rings. The highest BCUT2D eigenvalue weighted by atomic mass is 32.2. The Kier molecular flexibility index (Phi) is 3.70. The molecule has 0 spiro atoms. The summed E-state index contributed by atoms with van der Waals surface area (Å²) in [7, 11) is -3.57. The molecule has 0 bridgehead atoms. The van der Waals surface area contributed by atoms with Crippen molar-refractivity contribution in [2.24, 2.45) is 0 Å². The average Bonchev–Trinajstić information content (AvgIpc) is 3.02. The van der Waals surface area contributed by atoms with Gasteiger partial charge >= 0.3 is 0 Å². The zero-order valence-corrected chi connectivity index (χ0v) is 12.2. The van der Waals surface area contributed by atoms with Crippen LogP contribution >= 0.6 is 0 Å². The zero-order valence-electron chi connectivity index (χ0n) is 11.4. The lowest BCUT2D eigenvalue weighted by Gasteiger charge is -2.31. The van der Waals surface area contributed by atoms with Crippen LogP contribution in [0.5, 0.6) is 0 Å². The normalized spacial score (nSPS) is 20.5. The molecule has 0 amide bonds. The van der Waals surface area contributed by atoms with Crippen LogP contribution in [-0.4, -0.2) is 52.6 Å². The molecule has 21 heavy (non-hydrogen) atoms. The molecule has 3 heterocycles. The molecule has 0 aliphatic carbocycles. The Bertz CT molecular complexity index is 716. The van der Waals surface area contributed by atoms with Gasteiger partial charge in [0.25, 0.3) is 0 Å². The summed E-state index contributed by atoms with van der Waals surface area (Å²) in [6, 6.07) is 1.78. The van der Waals surface area contributed by atoms with E-state index in [1.165, 1.54) is 16.7 Å². The maximum absolute atomic E-state index is 12.5. The first-order chi connectivity index (χ1) is 10.1. The van der Waals surface area contributed by atoms with E-state index in [2.05, 4.69) is 20.2 Å². The fraction of sp³-hybridized carbons (Fsp3) is 0.417. The maximum Gasteiger partial charge on any atom is 0.246 e. The summed E-state index contributed by atoms with van der Waals surface area (Å²) >= 11 is 0. The Morgan fingerprint density at radius 3 is 3.05 bits per heavy atom. The number of hydrogen-bond acceptors (Lipinski definition) is 6. The second-order valence-corrected chi connectivity index (χ2v) is 6.65. The Labute approximate surface area is 122 Å². The predicted octanol–water partition coefficient (Wildman–Crippen LogP) is 0.270. The minimum Gasteiger partial charge on any atom is -0.367 e. The number of H-pyrrole nitrogens is 1. The first kappa shape index (κ1) is 14.1. The number of hydrogen-bond donors (Lipinski definition) is 1. The van der Waals surface area contributed by atoms with Crippen molar-refractivity contribution in [1.29, 1.82) is 0 Å². The van der Waals surface area contributed by atoms with Crippen LogP contribution in [-0.2, 0) is 14.8 Å². The number of aryl methyl sites for hydroxylation is 1. The van der Waals surface area contributed by atoms with E-state index < -0.39 is 16.1 Å². The standard InChI is InChI=1S/C12H15N5O3S/c1-9-2-3-13-12(16-9)11-8-17(4-5-20-11)21(18,19)10-6-14-15-7-10/h2-3,6-7,11H,4-5,8H2,1H3,(H,14,15). The molecule has 1 aliphatic rings. The molecule has 9 heteroatoms. The molecule has 0 saturated carbocycles. The first-order valence-corrected chi connectivity index (χ1v) is 7.91. The second-order valence-electron chi connectivity index (χ2n) is 4.71. The molecular formula is C12H15N5O3S. The van der Waals surface area contributed by atoms with Gasteiger partial charge in [-0.1, -0.05) is 0 Å². The number of nitrogens with one attached hydrogen (secondary N) is 1. The Hall–Kier alpha value is -1.84. The van der Waals surface area contributed by atoms with Crippen molar-refractivity contribution in [3.05, 3.63) is 36.2 Å². The van der Waals surface area contributed by atoms with Crippen molar-refractivity contribution >= 4 is 10.0 Å². The van der Waals surface area contributed by atoms with Crippen LogP contribution in [0.4, 0.5) is 0 Å². The molecule has 8 nitrogen and oxygen atoms in total. The quantitative estimate of drug-likeness (QED) is 0.873. The summed E-state index contributed by atoms with van der Waals surface area (Å²) in [6.07, 6.45) is 3.84. The number of aromatic nitrogens is 4. The van der Waals surface area contributed by atoms with Gasteiger partial charge in [0, 0.05) is 31.2 Å². The van der Waals surface area contributed by atoms with Gasteiger partial charge in [-0.05, 0) is 13.0 Å². The van der Waals surface area contributed by atoms with E-state index in [1.54, 1.807) is 12.3 Å². The van der Waals surface area contributed by atoms with Crippen LogP contribution < -0.4 is 0 Å². The van der Waals surface area contributed by atoms with E-state index in [4.69, 9.17) is 4.74 Å². The minimum absolute atomic E-state index is 0.147. The smallest absolute Gasteiger partial charge is 0.246 e. The highest BCUT2D eigenvalue weighted by molar-refractivity contribution is 7.89. The molecule has 1 saturated heterocycles. The van der Waals surface area contributed by atoms with Crippen LogP contribution in [0.25, 0.3) is 0 Å². The van der Waals surface area contributed by atoms with E-state index in [1.807, 2.05) is 6.92 Å². The van der Waals surface area contributed by atoms with Gasteiger partial charge in [0.2, 0.25) is 10.0 Å². The maximum atomic E-state index is 12.5. The summed E-state index contributed by atoms with van der Waals surface area (Å²) in [5.41, 5.74) is 0.818. The molecule has 0 aromatic carbocycles. The summed E-state index contributed by atoms with van der Waals surface area (Å²) in [6.45, 7) is 2.65. The van der Waals surface area contributed by atoms with Crippen molar-refractivity contribution in [3.63, 3.8) is 0 Å². The van der Waals surface area contributed by atoms with E-state index in [0.717, 1.165) is 5.69 Å². The van der Waals surface area contributed by atoms with Gasteiger partial charge in [-0.25, -0.2) is 18.4 Å². The molecule has 2 aromatic heterocycles. The van der Waals surface area contributed by atoms with E-state index in [0.29, 0.717) is 19.0 Å². The van der Waals surface area contributed by atoms with E-state index >= 15 is 0 Å². The largest absolute Gasteiger partial charge is 0.367 e. The average molecular weight is 309 g/mol. The number of sulfonamides is 1. The van der Waals surface area contributed by atoms with Gasteiger partial charge < -0.3 is 4.74 Å². The molecule has 0 radical (unpaired) electrons. The summed E-state index contributed by atoms with van der Waals surface area (Å²) in [5, 5.41) is 6.20. The van der Waals surface area contributed by atoms with Gasteiger partial charge in [0.15, 0.2) is 5.82 Å². The van der Waals surface area contributed by atoms with E-state index in [-0.39, 0.29) is 11.4 Å². The zero-order chi connectivity index (χ0) is 14.9. The highest BCUT2D eigenvalue weighted by Gasteiger charge is 2.33. The van der Waals surface area contributed by atoms with Gasteiger partial charge in [-0.15, -0.1) is 0 Å². The molecule has 3 rings (SSSR count). The molecule has 1 atom stereocenters. The topological polar surface area (TPSA) is 101 Å². The predicted molar refractivity (Wildman–Crippen MR) is 72.8 cm³/mol. The third kappa shape index (κ3) is 2.80. The number of nitrogens with zero attached hydrogens (tertiary/aromatic N) is 4. The molecule has 1 aliphatic heterocycles. The lowest BCUT2D eigenvalue weighted by molar-refractivity contribution is -0.00761. The molecule has 1 N–H and O–H groups in total. The SMILES string of the molecule is Cc1ccnc(C2CN(S(=O)(=O)c3cn[nH]c3)CCO2)n1. The third-order valence-electron chi connectivity index (χ3n) is 3.24. The van der Waals surface area contributed by atoms with Crippen LogP contribution in [0.3, 0.4) is 0 Å². The van der Waals surface area contributed by atoms with Crippen LogP contribution in [0, 0.1) is 6.92 Å². The number of ether oxygens (including phenoxy) is 1. The summed E-state index contributed by atoms with van der Waals surface area (Å²) in [5.74, 6) is 0.502. The fourth-order valence-electron chi connectivity index (χ4n) is 2.15. The van der Waals surface area contributed by atoms with Gasteiger partial charge in [0.1, 0.15) is 11.0 Å². The Balaban J connectivity index is 1.83. The number of aromatic amines is 1. The molecular weight excluding hydrogens is 294 g/mol. The number of morpholine rings is 1. The van der Waals surface area contributed by atoms with Crippen molar-refractivity contribution < 1.29 is 13.2 Å². The number of rotatable bonds is 3. The third-order valence-corrected chi connectivity index (χ3v) is 5.07. The summed E-state index contributed by atoms with van der Waals surface area (Å²) < 4.78 is 31.9. The molecule has 2 aromatic rings. The van der Waals surface area contributed by atoms with Gasteiger partial charge in [0.05, 0.1) is 12.8 Å². The minimum atomic E-state index is -3.57. The van der Waals surface area contributed by atoms with Gasteiger partial charge in [-0.3, -0.25) is 5.10 Å². The summed E-state index contributed by atoms with van der Waals surface area (Å²) in [4.78, 5) is 8.61. The highest BCUT2D eigenvalue weighted by Crippen LogP contribution is 2.24. The van der Waals surface area contributed by atoms with Crippen LogP contribution in [0.2, 0.25) is 0 Å². The van der Waals surface area contributed by atoms with Crippen molar-refractivity contribution in [3.8, 4) is 0 Å². The molecule has 1 unspecified atom stereocenters. The van der Waals surface area contributed by atoms with Crippen LogP contribution in [0.15, 0.2) is 29.6 Å². The lowest BCUT2D eigenvalue weighted by Crippen LogP contribution is -2.42. The first-order valence-electron chi connectivity index (χ1n) is 6.47. The van der Waals surface area contributed by atoms with E-state index in [9.17, 15) is 8.42 Å². The lowest BCUT2D eigenvalue weighted by atomic mass is 10.3. The second kappa shape index (κ2) is 5.51. The van der Waals surface area contributed by atoms with Crippen molar-refractivity contribution in [2.45, 2.75) is 17.9 Å². The Morgan fingerprint density at radius 1 is 1.48 bits per heavy atom. The molecule has 112 valence electrons. The Morgan fingerprint density at radius 2 is 2.33 bits per heavy atom. The van der Waals surface area contributed by atoms with Crippen molar-refractivity contribution in [2.75, 3.05) is 19.7 Å². The van der Waals surface area contributed by atoms with Crippen molar-refractivity contribution in [1.82, 2.24) is 24.5 Å². The monoisotopic (exact) mass is 309 g/mol.